The van der Waals surface area contributed by atoms with Crippen molar-refractivity contribution in [2.24, 2.45) is 0 Å². The van der Waals surface area contributed by atoms with Gasteiger partial charge in [-0.25, -0.2) is 4.79 Å². The van der Waals surface area contributed by atoms with Gasteiger partial charge in [-0.15, -0.1) is 11.6 Å². The van der Waals surface area contributed by atoms with Crippen molar-refractivity contribution in [2.45, 2.75) is 11.5 Å². The molecule has 2 aliphatic heterocycles. The van der Waals surface area contributed by atoms with Gasteiger partial charge >= 0.3 is 5.97 Å². The lowest BCUT2D eigenvalue weighted by molar-refractivity contribution is 0.0224. The number of phenolic OH excluding ortho intramolecular Hbond substituents is 2. The third-order valence-corrected chi connectivity index (χ3v) is 6.07. The van der Waals surface area contributed by atoms with Crippen molar-refractivity contribution in [3.05, 3.63) is 80.3 Å². The zero-order valence-corrected chi connectivity index (χ0v) is 16.8. The first-order valence-electron chi connectivity index (χ1n) is 8.51. The van der Waals surface area contributed by atoms with Gasteiger partial charge in [-0.2, -0.15) is 0 Å². The van der Waals surface area contributed by atoms with Gasteiger partial charge in [0.15, 0.2) is 5.60 Å². The lowest BCUT2D eigenvalue weighted by atomic mass is 9.77. The highest BCUT2D eigenvalue weighted by molar-refractivity contribution is 6.32. The first kappa shape index (κ1) is 18.4. The summed E-state index contributed by atoms with van der Waals surface area (Å²) >= 11 is 18.3. The van der Waals surface area contributed by atoms with E-state index in [1.54, 1.807) is 18.2 Å². The Morgan fingerprint density at radius 1 is 0.862 bits per heavy atom. The number of carbonyl (C=O) groups excluding carboxylic acids is 1. The summed E-state index contributed by atoms with van der Waals surface area (Å²) in [5.74, 6) is -0.206. The SMILES string of the molecule is O=C1OC2(c3cc(Cl)c(O)cc3Oc3cc(O)c(Cl)cc32)c2ccc(CCl)cc21. The van der Waals surface area contributed by atoms with E-state index >= 15 is 0 Å². The molecule has 3 aromatic carbocycles. The average molecular weight is 450 g/mol. The van der Waals surface area contributed by atoms with Crippen molar-refractivity contribution in [3.8, 4) is 23.0 Å². The second-order valence-corrected chi connectivity index (χ2v) is 7.87. The van der Waals surface area contributed by atoms with Gasteiger partial charge in [0.1, 0.15) is 23.0 Å². The van der Waals surface area contributed by atoms with Crippen LogP contribution in [0.5, 0.6) is 23.0 Å². The Morgan fingerprint density at radius 3 is 2.00 bits per heavy atom. The van der Waals surface area contributed by atoms with Crippen molar-refractivity contribution in [2.75, 3.05) is 0 Å². The molecule has 2 N–H and O–H groups in total. The average Bonchev–Trinajstić information content (AvgIpc) is 2.98. The molecule has 0 saturated carbocycles. The van der Waals surface area contributed by atoms with Crippen LogP contribution in [0.25, 0.3) is 0 Å². The molecule has 0 radical (unpaired) electrons. The van der Waals surface area contributed by atoms with E-state index in [2.05, 4.69) is 0 Å². The van der Waals surface area contributed by atoms with E-state index in [9.17, 15) is 15.0 Å². The van der Waals surface area contributed by atoms with Gasteiger partial charge in [-0.05, 0) is 23.8 Å². The Morgan fingerprint density at radius 2 is 1.45 bits per heavy atom. The molecule has 0 saturated heterocycles. The Kier molecular flexibility index (Phi) is 3.94. The summed E-state index contributed by atoms with van der Waals surface area (Å²) in [5, 5.41) is 20.3. The predicted octanol–water partition coefficient (Wildman–Crippen LogP) is 5.71. The van der Waals surface area contributed by atoms with Crippen molar-refractivity contribution in [1.29, 1.82) is 0 Å². The van der Waals surface area contributed by atoms with Gasteiger partial charge in [0.05, 0.1) is 15.6 Å². The van der Waals surface area contributed by atoms with Crippen molar-refractivity contribution in [1.82, 2.24) is 0 Å². The van der Waals surface area contributed by atoms with E-state index in [-0.39, 0.29) is 38.9 Å². The van der Waals surface area contributed by atoms with Crippen molar-refractivity contribution in [3.63, 3.8) is 0 Å². The minimum Gasteiger partial charge on any atom is -0.506 e. The van der Waals surface area contributed by atoms with Crippen LogP contribution in [0.15, 0.2) is 42.5 Å². The predicted molar refractivity (Wildman–Crippen MR) is 108 cm³/mol. The molecular formula is C21H11Cl3O5. The Hall–Kier alpha value is -2.60. The highest BCUT2D eigenvalue weighted by Gasteiger charge is 2.54. The van der Waals surface area contributed by atoms with E-state index in [1.165, 1.54) is 24.3 Å². The van der Waals surface area contributed by atoms with Crippen LogP contribution in [0.2, 0.25) is 10.0 Å². The van der Waals surface area contributed by atoms with E-state index in [0.717, 1.165) is 5.56 Å². The van der Waals surface area contributed by atoms with Crippen LogP contribution >= 0.6 is 34.8 Å². The van der Waals surface area contributed by atoms with Crippen LogP contribution in [-0.4, -0.2) is 16.2 Å². The molecule has 5 rings (SSSR count). The van der Waals surface area contributed by atoms with Crippen LogP contribution in [0, 0.1) is 0 Å². The minimum absolute atomic E-state index is 0.0712. The number of phenols is 2. The fourth-order valence-electron chi connectivity index (χ4n) is 3.87. The maximum Gasteiger partial charge on any atom is 0.340 e. The first-order chi connectivity index (χ1) is 13.8. The molecule has 1 spiro atoms. The minimum atomic E-state index is -1.41. The number of ether oxygens (including phenoxy) is 2. The number of hydrogen-bond donors (Lipinski definition) is 2. The van der Waals surface area contributed by atoms with Crippen LogP contribution in [0.1, 0.15) is 32.6 Å². The summed E-state index contributed by atoms with van der Waals surface area (Å²) in [6.45, 7) is 0. The molecule has 0 fully saturated rings. The summed E-state index contributed by atoms with van der Waals surface area (Å²) in [4.78, 5) is 12.9. The summed E-state index contributed by atoms with van der Waals surface area (Å²) in [6.07, 6.45) is 0. The van der Waals surface area contributed by atoms with E-state index < -0.39 is 11.6 Å². The molecule has 2 heterocycles. The Balaban J connectivity index is 1.90. The molecule has 2 aliphatic rings. The molecule has 0 aromatic heterocycles. The number of alkyl halides is 1. The lowest BCUT2D eigenvalue weighted by Gasteiger charge is -2.36. The van der Waals surface area contributed by atoms with Gasteiger partial charge < -0.3 is 19.7 Å². The number of halogens is 3. The van der Waals surface area contributed by atoms with Crippen LogP contribution in [0.4, 0.5) is 0 Å². The maximum absolute atomic E-state index is 12.9. The maximum atomic E-state index is 12.9. The normalized spacial score (nSPS) is 15.3. The monoisotopic (exact) mass is 448 g/mol. The topological polar surface area (TPSA) is 76.0 Å². The van der Waals surface area contributed by atoms with Crippen LogP contribution in [0.3, 0.4) is 0 Å². The van der Waals surface area contributed by atoms with Gasteiger partial charge in [0.25, 0.3) is 0 Å². The molecule has 8 heteroatoms. The molecular weight excluding hydrogens is 439 g/mol. The Bertz CT molecular complexity index is 1160. The number of carbonyl (C=O) groups is 1. The Labute approximate surface area is 180 Å². The molecule has 0 atom stereocenters. The summed E-state index contributed by atoms with van der Waals surface area (Å²) < 4.78 is 11.8. The fourth-order valence-corrected chi connectivity index (χ4v) is 4.36. The number of esters is 1. The van der Waals surface area contributed by atoms with Crippen molar-refractivity contribution < 1.29 is 24.5 Å². The zero-order valence-electron chi connectivity index (χ0n) is 14.5. The van der Waals surface area contributed by atoms with Crippen molar-refractivity contribution >= 4 is 40.8 Å². The van der Waals surface area contributed by atoms with Gasteiger partial charge in [-0.1, -0.05) is 35.3 Å². The van der Waals surface area contributed by atoms with Gasteiger partial charge in [0.2, 0.25) is 0 Å². The summed E-state index contributed by atoms with van der Waals surface area (Å²) in [7, 11) is 0. The molecule has 0 unspecified atom stereocenters. The molecule has 0 bridgehead atoms. The number of hydrogen-bond acceptors (Lipinski definition) is 5. The number of fused-ring (bicyclic) bond motifs is 6. The fraction of sp³-hybridized carbons (Fsp3) is 0.0952. The van der Waals surface area contributed by atoms with E-state index in [0.29, 0.717) is 22.3 Å². The lowest BCUT2D eigenvalue weighted by Crippen LogP contribution is -2.33. The third kappa shape index (κ3) is 2.45. The molecule has 3 aromatic rings. The number of rotatable bonds is 1. The smallest absolute Gasteiger partial charge is 0.340 e. The largest absolute Gasteiger partial charge is 0.506 e. The second-order valence-electron chi connectivity index (χ2n) is 6.79. The number of benzene rings is 3. The molecule has 0 amide bonds. The number of aromatic hydroxyl groups is 2. The van der Waals surface area contributed by atoms with Crippen LogP contribution in [-0.2, 0) is 16.2 Å². The standard InChI is InChI=1S/C21H11Cl3O5/c22-8-9-1-2-11-10(3-9)20(27)29-21(11)12-4-14(23)16(25)6-18(12)28-19-7-17(26)15(24)5-13(19)21/h1-7,25-26H,8H2. The molecule has 0 aliphatic carbocycles. The highest BCUT2D eigenvalue weighted by atomic mass is 35.5. The first-order valence-corrected chi connectivity index (χ1v) is 9.80. The third-order valence-electron chi connectivity index (χ3n) is 5.16. The molecule has 5 nitrogen and oxygen atoms in total. The zero-order chi connectivity index (χ0) is 20.5. The van der Waals surface area contributed by atoms with E-state index in [1.807, 2.05) is 0 Å². The molecule has 146 valence electrons. The quantitative estimate of drug-likeness (QED) is 0.367. The van der Waals surface area contributed by atoms with Gasteiger partial charge in [0, 0.05) is 34.7 Å². The molecule has 29 heavy (non-hydrogen) atoms. The summed E-state index contributed by atoms with van der Waals surface area (Å²) in [5.41, 5.74) is 1.13. The van der Waals surface area contributed by atoms with Crippen LogP contribution < -0.4 is 4.74 Å². The second kappa shape index (κ2) is 6.20. The van der Waals surface area contributed by atoms with Gasteiger partial charge in [-0.3, -0.25) is 0 Å². The highest BCUT2D eigenvalue weighted by Crippen LogP contribution is 2.58. The summed E-state index contributed by atoms with van der Waals surface area (Å²) in [6, 6.07) is 10.9. The van der Waals surface area contributed by atoms with E-state index in [4.69, 9.17) is 44.3 Å².